The molecule has 1 aliphatic heterocycles. The van der Waals surface area contributed by atoms with Crippen LogP contribution >= 0.6 is 11.3 Å². The van der Waals surface area contributed by atoms with Gasteiger partial charge in [-0.1, -0.05) is 19.9 Å². The van der Waals surface area contributed by atoms with Crippen molar-refractivity contribution < 1.29 is 37.3 Å². The third kappa shape index (κ3) is 4.23. The van der Waals surface area contributed by atoms with Gasteiger partial charge in [-0.3, -0.25) is 9.59 Å². The fraction of sp³-hybridized carbons (Fsp3) is 0.440. The summed E-state index contributed by atoms with van der Waals surface area (Å²) in [6, 6.07) is 7.47. The average Bonchev–Trinajstić information content (AvgIpc) is 3.30. The molecule has 3 atom stereocenters. The molecule has 0 saturated carbocycles. The number of alkyl halides is 3. The third-order valence-corrected chi connectivity index (χ3v) is 7.49. The van der Waals surface area contributed by atoms with Gasteiger partial charge in [0.25, 0.3) is 0 Å². The molecule has 1 aromatic carbocycles. The number of carbonyl (C=O) groups is 2. The Hall–Kier alpha value is -2.85. The largest absolute Gasteiger partial charge is 0.497 e. The predicted molar refractivity (Wildman–Crippen MR) is 124 cm³/mol. The number of halogens is 3. The fourth-order valence-electron chi connectivity index (χ4n) is 5.10. The Kier molecular flexibility index (Phi) is 6.25. The van der Waals surface area contributed by atoms with E-state index in [1.54, 1.807) is 31.4 Å². The van der Waals surface area contributed by atoms with E-state index in [0.717, 1.165) is 11.3 Å². The zero-order chi connectivity index (χ0) is 25.8. The number of ether oxygens (including phenoxy) is 2. The van der Waals surface area contributed by atoms with Gasteiger partial charge in [0.05, 0.1) is 25.0 Å². The second-order valence-corrected chi connectivity index (χ2v) is 10.6. The van der Waals surface area contributed by atoms with Gasteiger partial charge in [0, 0.05) is 29.2 Å². The Morgan fingerprint density at radius 1 is 1.17 bits per heavy atom. The zero-order valence-corrected chi connectivity index (χ0v) is 20.5. The number of carbonyl (C=O) groups excluding carboxylic acids is 2. The van der Waals surface area contributed by atoms with Gasteiger partial charge in [-0.25, -0.2) is 0 Å². The van der Waals surface area contributed by atoms with Crippen LogP contribution in [0.2, 0.25) is 0 Å². The van der Waals surface area contributed by atoms with Crippen LogP contribution < -0.4 is 14.8 Å². The van der Waals surface area contributed by atoms with Gasteiger partial charge >= 0.3 is 6.18 Å². The van der Waals surface area contributed by atoms with Crippen LogP contribution in [0, 0.1) is 11.3 Å². The average molecular weight is 510 g/mol. The van der Waals surface area contributed by atoms with Crippen LogP contribution in [0.4, 0.5) is 13.2 Å². The highest BCUT2D eigenvalue weighted by molar-refractivity contribution is 7.12. The minimum absolute atomic E-state index is 0.0174. The van der Waals surface area contributed by atoms with E-state index in [2.05, 4.69) is 5.32 Å². The molecule has 0 spiro atoms. The standard InChI is InChI=1S/C25H26F3NO5S/c1-23(2)11-15-20(16(30)12-23)19(14-10-13(33-3)7-8-17(14)34-4)21(22(31)18-6-5-9-35-18)24(32,29-15)25(26,27)28/h5-10,19,21,29,32H,11-12H2,1-4H3. The molecule has 10 heteroatoms. The Labute approximate surface area is 204 Å². The number of benzene rings is 1. The van der Waals surface area contributed by atoms with Crippen LogP contribution in [0.5, 0.6) is 11.5 Å². The smallest absolute Gasteiger partial charge is 0.437 e. The van der Waals surface area contributed by atoms with Crippen molar-refractivity contribution in [1.29, 1.82) is 0 Å². The lowest BCUT2D eigenvalue weighted by molar-refractivity contribution is -0.287. The lowest BCUT2D eigenvalue weighted by Gasteiger charge is -2.49. The van der Waals surface area contributed by atoms with Crippen molar-refractivity contribution in [3.8, 4) is 11.5 Å². The van der Waals surface area contributed by atoms with Crippen LogP contribution in [0.3, 0.4) is 0 Å². The summed E-state index contributed by atoms with van der Waals surface area (Å²) in [5.41, 5.74) is -4.06. The topological polar surface area (TPSA) is 84.9 Å². The van der Waals surface area contributed by atoms with Crippen molar-refractivity contribution in [2.24, 2.45) is 11.3 Å². The van der Waals surface area contributed by atoms with Crippen molar-refractivity contribution in [1.82, 2.24) is 5.32 Å². The van der Waals surface area contributed by atoms with Gasteiger partial charge < -0.3 is 19.9 Å². The van der Waals surface area contributed by atoms with Crippen LogP contribution in [-0.2, 0) is 4.79 Å². The summed E-state index contributed by atoms with van der Waals surface area (Å²) in [5, 5.41) is 15.1. The van der Waals surface area contributed by atoms with Gasteiger partial charge in [-0.2, -0.15) is 13.2 Å². The van der Waals surface area contributed by atoms with E-state index in [9.17, 15) is 27.9 Å². The number of methoxy groups -OCH3 is 2. The van der Waals surface area contributed by atoms with E-state index < -0.39 is 34.9 Å². The van der Waals surface area contributed by atoms with Gasteiger partial charge in [-0.05, 0) is 41.5 Å². The monoisotopic (exact) mass is 509 g/mol. The molecule has 1 aromatic heterocycles. The van der Waals surface area contributed by atoms with Gasteiger partial charge in [0.2, 0.25) is 5.72 Å². The maximum Gasteiger partial charge on any atom is 0.437 e. The van der Waals surface area contributed by atoms with E-state index >= 15 is 0 Å². The number of nitrogens with one attached hydrogen (secondary N) is 1. The summed E-state index contributed by atoms with van der Waals surface area (Å²) in [7, 11) is 2.74. The Bertz CT molecular complexity index is 1190. The number of allylic oxidation sites excluding steroid dienone is 2. The van der Waals surface area contributed by atoms with Crippen LogP contribution in [0.15, 0.2) is 47.0 Å². The normalized spacial score (nSPS) is 26.1. The van der Waals surface area contributed by atoms with Gasteiger partial charge in [0.1, 0.15) is 11.5 Å². The first-order valence-corrected chi connectivity index (χ1v) is 11.8. The van der Waals surface area contributed by atoms with E-state index in [4.69, 9.17) is 9.47 Å². The first-order valence-electron chi connectivity index (χ1n) is 11.0. The third-order valence-electron chi connectivity index (χ3n) is 6.61. The quantitative estimate of drug-likeness (QED) is 0.561. The number of thiophene rings is 1. The molecule has 3 unspecified atom stereocenters. The first-order chi connectivity index (χ1) is 16.3. The summed E-state index contributed by atoms with van der Waals surface area (Å²) in [5.74, 6) is -4.34. The van der Waals surface area contributed by atoms with Crippen LogP contribution in [0.25, 0.3) is 0 Å². The highest BCUT2D eigenvalue weighted by Crippen LogP contribution is 2.55. The molecule has 2 heterocycles. The molecule has 2 aliphatic rings. The number of Topliss-reactive ketones (excluding diaryl/α,β-unsaturated/α-hetero) is 2. The Morgan fingerprint density at radius 2 is 1.89 bits per heavy atom. The van der Waals surface area contributed by atoms with E-state index in [0.29, 0.717) is 5.75 Å². The molecule has 0 fully saturated rings. The summed E-state index contributed by atoms with van der Waals surface area (Å²) < 4.78 is 54.6. The lowest BCUT2D eigenvalue weighted by Crippen LogP contribution is -2.67. The van der Waals surface area contributed by atoms with Crippen molar-refractivity contribution in [3.05, 3.63) is 57.4 Å². The molecule has 2 N–H and O–H groups in total. The molecule has 1 aliphatic carbocycles. The molecular formula is C25H26F3NO5S. The summed E-state index contributed by atoms with van der Waals surface area (Å²) in [6.07, 6.45) is -5.06. The highest BCUT2D eigenvalue weighted by atomic mass is 32.1. The van der Waals surface area contributed by atoms with Crippen molar-refractivity contribution in [3.63, 3.8) is 0 Å². The number of hydrogen-bond acceptors (Lipinski definition) is 7. The summed E-state index contributed by atoms with van der Waals surface area (Å²) in [4.78, 5) is 27.2. The second kappa shape index (κ2) is 8.67. The molecule has 35 heavy (non-hydrogen) atoms. The SMILES string of the molecule is COc1ccc(OC)c(C2C3=C(CC(C)(C)CC3=O)NC(O)(C(F)(F)F)C2C(=O)c2cccs2)c1. The number of ketones is 2. The molecule has 0 bridgehead atoms. The van der Waals surface area contributed by atoms with E-state index in [1.165, 1.54) is 32.4 Å². The molecular weight excluding hydrogens is 483 g/mol. The maximum atomic E-state index is 14.6. The second-order valence-electron chi connectivity index (χ2n) is 9.63. The molecule has 6 nitrogen and oxygen atoms in total. The molecule has 0 amide bonds. The molecule has 188 valence electrons. The number of rotatable bonds is 5. The molecule has 0 radical (unpaired) electrons. The van der Waals surface area contributed by atoms with Crippen LogP contribution in [0.1, 0.15) is 47.8 Å². The maximum absolute atomic E-state index is 14.6. The summed E-state index contributed by atoms with van der Waals surface area (Å²) in [6.45, 7) is 3.54. The minimum Gasteiger partial charge on any atom is -0.497 e. The Balaban J connectivity index is 2.07. The minimum atomic E-state index is -5.24. The highest BCUT2D eigenvalue weighted by Gasteiger charge is 2.67. The van der Waals surface area contributed by atoms with Crippen LogP contribution in [-0.4, -0.2) is 42.8 Å². The van der Waals surface area contributed by atoms with Crippen molar-refractivity contribution in [2.75, 3.05) is 14.2 Å². The van der Waals surface area contributed by atoms with Gasteiger partial charge in [-0.15, -0.1) is 11.3 Å². The van der Waals surface area contributed by atoms with E-state index in [1.807, 2.05) is 0 Å². The van der Waals surface area contributed by atoms with Crippen molar-refractivity contribution >= 4 is 22.9 Å². The lowest BCUT2D eigenvalue weighted by atomic mass is 9.63. The molecule has 0 saturated heterocycles. The Morgan fingerprint density at radius 3 is 2.46 bits per heavy atom. The summed E-state index contributed by atoms with van der Waals surface area (Å²) >= 11 is 0.968. The molecule has 4 rings (SSSR count). The zero-order valence-electron chi connectivity index (χ0n) is 19.7. The number of aliphatic hydroxyl groups is 1. The number of hydrogen-bond donors (Lipinski definition) is 2. The van der Waals surface area contributed by atoms with Crippen molar-refractivity contribution in [2.45, 2.75) is 44.5 Å². The predicted octanol–water partition coefficient (Wildman–Crippen LogP) is 4.85. The van der Waals surface area contributed by atoms with E-state index in [-0.39, 0.29) is 46.1 Å². The fourth-order valence-corrected chi connectivity index (χ4v) is 5.80. The molecule has 2 aromatic rings. The van der Waals surface area contributed by atoms with Gasteiger partial charge in [0.15, 0.2) is 11.6 Å². The first kappa shape index (κ1) is 25.2.